The molecule has 1 amide bonds. The van der Waals surface area contributed by atoms with Gasteiger partial charge < -0.3 is 14.8 Å². The monoisotopic (exact) mass is 491 g/mol. The van der Waals surface area contributed by atoms with Gasteiger partial charge in [0.2, 0.25) is 6.41 Å². The van der Waals surface area contributed by atoms with E-state index in [-0.39, 0.29) is 23.9 Å². The first kappa shape index (κ1) is 30.9. The number of esters is 2. The number of cyclic esters (lactones) is 1. The van der Waals surface area contributed by atoms with Crippen LogP contribution < -0.4 is 5.32 Å². The van der Waals surface area contributed by atoms with Crippen molar-refractivity contribution >= 4 is 18.3 Å². The number of carbonyl (C=O) groups is 3. The van der Waals surface area contributed by atoms with Gasteiger partial charge in [0, 0.05) is 12.8 Å². The van der Waals surface area contributed by atoms with E-state index in [4.69, 9.17) is 9.47 Å². The second-order valence-corrected chi connectivity index (χ2v) is 10.1. The van der Waals surface area contributed by atoms with Gasteiger partial charge in [0.1, 0.15) is 18.2 Å². The zero-order chi connectivity index (χ0) is 25.9. The molecule has 0 saturated carbocycles. The molecule has 6 heteroatoms. The van der Waals surface area contributed by atoms with Gasteiger partial charge in [-0.15, -0.1) is 0 Å². The number of rotatable bonds is 21. The summed E-state index contributed by atoms with van der Waals surface area (Å²) in [5.41, 5.74) is 0. The van der Waals surface area contributed by atoms with Gasteiger partial charge in [-0.1, -0.05) is 90.5 Å². The summed E-state index contributed by atoms with van der Waals surface area (Å²) in [6.07, 6.45) is 21.0. The van der Waals surface area contributed by atoms with Crippen molar-refractivity contribution < 1.29 is 23.9 Å². The molecule has 0 spiro atoms. The number of nitrogens with one attached hydrogen (secondary N) is 1. The van der Waals surface area contributed by atoms with Crippen LogP contribution in [0.25, 0.3) is 0 Å². The van der Waals surface area contributed by atoms with E-state index >= 15 is 0 Å². The van der Waals surface area contributed by atoms with Crippen LogP contribution in [0.2, 0.25) is 0 Å². The summed E-state index contributed by atoms with van der Waals surface area (Å²) in [6, 6.07) is -0.668. The van der Waals surface area contributed by atoms with E-state index < -0.39 is 18.1 Å². The zero-order valence-electron chi connectivity index (χ0n) is 22.5. The number of allylic oxidation sites excluding steroid dienone is 3. The highest BCUT2D eigenvalue weighted by atomic mass is 16.6. The van der Waals surface area contributed by atoms with Crippen molar-refractivity contribution in [2.75, 3.05) is 0 Å². The van der Waals surface area contributed by atoms with E-state index in [0.29, 0.717) is 25.7 Å². The molecule has 0 aromatic rings. The predicted molar refractivity (Wildman–Crippen MR) is 141 cm³/mol. The van der Waals surface area contributed by atoms with Crippen LogP contribution in [-0.2, 0) is 23.9 Å². The lowest BCUT2D eigenvalue weighted by Crippen LogP contribution is -2.48. The topological polar surface area (TPSA) is 81.7 Å². The molecule has 0 radical (unpaired) electrons. The Bertz CT molecular complexity index is 657. The number of carbonyl (C=O) groups excluding carboxylic acids is 3. The predicted octanol–water partition coefficient (Wildman–Crippen LogP) is 6.43. The van der Waals surface area contributed by atoms with Gasteiger partial charge in [0.05, 0.1) is 5.92 Å². The molecule has 0 aromatic heterocycles. The molecule has 0 aromatic carbocycles. The Labute approximate surface area is 213 Å². The molecule has 1 fully saturated rings. The first-order chi connectivity index (χ1) is 16.9. The lowest BCUT2D eigenvalue weighted by atomic mass is 9.87. The van der Waals surface area contributed by atoms with Crippen LogP contribution in [0.3, 0.4) is 0 Å². The standard InChI is InChI=1S/C29H49NO5/c1-5-7-9-11-12-13-14-15-16-18-24(34-29(33)26(30-22-31)20-23(3)4)21-27-25(28(32)35-27)19-17-10-8-6-2/h12-13,15-16,22-27H,5-11,14,17-21H2,1-4H3,(H,30,31)/t24?,25-,26?,27-/m0/s1. The molecule has 2 unspecified atom stereocenters. The number of ether oxygens (including phenoxy) is 2. The SMILES string of the molecule is CCCCCC=CCC=CCC(C[C@@H]1OC(=O)[C@H]1CCCCCC)OC(=O)C(CC(C)C)NC=O. The van der Waals surface area contributed by atoms with Gasteiger partial charge in [-0.25, -0.2) is 4.79 Å². The Morgan fingerprint density at radius 1 is 1.03 bits per heavy atom. The fourth-order valence-corrected chi connectivity index (χ4v) is 4.34. The molecule has 4 atom stereocenters. The third kappa shape index (κ3) is 13.5. The Morgan fingerprint density at radius 3 is 2.40 bits per heavy atom. The summed E-state index contributed by atoms with van der Waals surface area (Å²) in [5, 5.41) is 2.59. The van der Waals surface area contributed by atoms with Crippen LogP contribution in [0.1, 0.15) is 111 Å². The molecule has 1 heterocycles. The molecule has 0 bridgehead atoms. The number of unbranched alkanes of at least 4 members (excludes halogenated alkanes) is 6. The van der Waals surface area contributed by atoms with Gasteiger partial charge in [-0.3, -0.25) is 9.59 Å². The van der Waals surface area contributed by atoms with E-state index in [0.717, 1.165) is 38.5 Å². The van der Waals surface area contributed by atoms with Crippen molar-refractivity contribution in [1.82, 2.24) is 5.32 Å². The first-order valence-electron chi connectivity index (χ1n) is 13.8. The maximum atomic E-state index is 12.8. The molecule has 0 aliphatic carbocycles. The molecule has 1 N–H and O–H groups in total. The lowest BCUT2D eigenvalue weighted by Gasteiger charge is -2.37. The highest BCUT2D eigenvalue weighted by Crippen LogP contribution is 2.32. The Hall–Kier alpha value is -2.11. The van der Waals surface area contributed by atoms with Gasteiger partial charge in [0.25, 0.3) is 0 Å². The summed E-state index contributed by atoms with van der Waals surface area (Å²) < 4.78 is 11.3. The maximum absolute atomic E-state index is 12.8. The molecule has 1 rings (SSSR count). The lowest BCUT2D eigenvalue weighted by molar-refractivity contribution is -0.190. The normalized spacial score (nSPS) is 19.5. The summed E-state index contributed by atoms with van der Waals surface area (Å²) >= 11 is 0. The molecule has 35 heavy (non-hydrogen) atoms. The molecule has 1 aliphatic heterocycles. The van der Waals surface area contributed by atoms with E-state index in [2.05, 4.69) is 37.4 Å². The van der Waals surface area contributed by atoms with E-state index in [1.54, 1.807) is 0 Å². The molecule has 1 saturated heterocycles. The second kappa shape index (κ2) is 19.1. The average Bonchev–Trinajstić information content (AvgIpc) is 2.81. The quantitative estimate of drug-likeness (QED) is 0.0865. The second-order valence-electron chi connectivity index (χ2n) is 10.1. The molecular weight excluding hydrogens is 442 g/mol. The third-order valence-corrected chi connectivity index (χ3v) is 6.41. The smallest absolute Gasteiger partial charge is 0.328 e. The number of hydrogen-bond acceptors (Lipinski definition) is 5. The van der Waals surface area contributed by atoms with Crippen molar-refractivity contribution in [3.8, 4) is 0 Å². The maximum Gasteiger partial charge on any atom is 0.328 e. The van der Waals surface area contributed by atoms with Gasteiger partial charge >= 0.3 is 11.9 Å². The van der Waals surface area contributed by atoms with Gasteiger partial charge in [0.15, 0.2) is 0 Å². The zero-order valence-corrected chi connectivity index (χ0v) is 22.5. The summed E-state index contributed by atoms with van der Waals surface area (Å²) in [7, 11) is 0. The van der Waals surface area contributed by atoms with Crippen LogP contribution in [0.15, 0.2) is 24.3 Å². The van der Waals surface area contributed by atoms with Gasteiger partial charge in [-0.2, -0.15) is 0 Å². The van der Waals surface area contributed by atoms with Crippen LogP contribution in [0, 0.1) is 11.8 Å². The molecule has 200 valence electrons. The van der Waals surface area contributed by atoms with E-state index in [1.165, 1.54) is 25.7 Å². The third-order valence-electron chi connectivity index (χ3n) is 6.41. The summed E-state index contributed by atoms with van der Waals surface area (Å²) in [4.78, 5) is 35.9. The average molecular weight is 492 g/mol. The highest BCUT2D eigenvalue weighted by molar-refractivity contribution is 5.79. The fourth-order valence-electron chi connectivity index (χ4n) is 4.34. The largest absolute Gasteiger partial charge is 0.461 e. The summed E-state index contributed by atoms with van der Waals surface area (Å²) in [5.74, 6) is -0.434. The fraction of sp³-hybridized carbons (Fsp3) is 0.759. The summed E-state index contributed by atoms with van der Waals surface area (Å²) in [6.45, 7) is 8.37. The van der Waals surface area contributed by atoms with E-state index in [9.17, 15) is 14.4 Å². The number of amides is 1. The van der Waals surface area contributed by atoms with Crippen molar-refractivity contribution in [1.29, 1.82) is 0 Å². The minimum Gasteiger partial charge on any atom is -0.461 e. The van der Waals surface area contributed by atoms with Crippen LogP contribution in [0.4, 0.5) is 0 Å². The van der Waals surface area contributed by atoms with E-state index in [1.807, 2.05) is 19.9 Å². The van der Waals surface area contributed by atoms with Crippen molar-refractivity contribution in [3.63, 3.8) is 0 Å². The van der Waals surface area contributed by atoms with Crippen molar-refractivity contribution in [2.24, 2.45) is 11.8 Å². The number of hydrogen-bond donors (Lipinski definition) is 1. The minimum absolute atomic E-state index is 0.109. The first-order valence-corrected chi connectivity index (χ1v) is 13.8. The molecular formula is C29H49NO5. The Balaban J connectivity index is 2.70. The van der Waals surface area contributed by atoms with Crippen LogP contribution in [0.5, 0.6) is 0 Å². The van der Waals surface area contributed by atoms with Crippen molar-refractivity contribution in [2.45, 2.75) is 129 Å². The van der Waals surface area contributed by atoms with Crippen LogP contribution in [-0.4, -0.2) is 36.6 Å². The Kier molecular flexibility index (Phi) is 16.9. The van der Waals surface area contributed by atoms with Crippen molar-refractivity contribution in [3.05, 3.63) is 24.3 Å². The molecule has 6 nitrogen and oxygen atoms in total. The molecule has 1 aliphatic rings. The Morgan fingerprint density at radius 2 is 1.74 bits per heavy atom. The van der Waals surface area contributed by atoms with Gasteiger partial charge in [-0.05, 0) is 38.0 Å². The minimum atomic E-state index is -0.668. The van der Waals surface area contributed by atoms with Crippen LogP contribution >= 0.6 is 0 Å². The highest BCUT2D eigenvalue weighted by Gasteiger charge is 2.43.